The van der Waals surface area contributed by atoms with Gasteiger partial charge in [-0.2, -0.15) is 13.2 Å². The van der Waals surface area contributed by atoms with E-state index < -0.39 is 30.1 Å². The van der Waals surface area contributed by atoms with Crippen molar-refractivity contribution in [3.8, 4) is 0 Å². The monoisotopic (exact) mass is 434 g/mol. The summed E-state index contributed by atoms with van der Waals surface area (Å²) in [5.41, 5.74) is 2.00. The lowest BCUT2D eigenvalue weighted by Gasteiger charge is -2.22. The highest BCUT2D eigenvalue weighted by atomic mass is 19.4. The van der Waals surface area contributed by atoms with Crippen LogP contribution in [-0.4, -0.2) is 36.0 Å². The highest BCUT2D eigenvalue weighted by Crippen LogP contribution is 2.39. The van der Waals surface area contributed by atoms with E-state index in [1.807, 2.05) is 30.3 Å². The summed E-state index contributed by atoms with van der Waals surface area (Å²) in [6.45, 7) is 3.05. The van der Waals surface area contributed by atoms with Gasteiger partial charge in [0.05, 0.1) is 11.8 Å². The van der Waals surface area contributed by atoms with Crippen molar-refractivity contribution in [2.75, 3.05) is 18.4 Å². The molecule has 1 fully saturated rings. The molecule has 1 saturated heterocycles. The quantitative estimate of drug-likeness (QED) is 0.678. The van der Waals surface area contributed by atoms with E-state index in [2.05, 4.69) is 5.32 Å². The molecule has 3 atom stereocenters. The van der Waals surface area contributed by atoms with E-state index in [4.69, 9.17) is 4.74 Å². The summed E-state index contributed by atoms with van der Waals surface area (Å²) >= 11 is 0. The molecule has 0 radical (unpaired) electrons. The second kappa shape index (κ2) is 9.51. The number of ether oxygens (including phenoxy) is 1. The first-order chi connectivity index (χ1) is 14.6. The molecule has 0 spiro atoms. The van der Waals surface area contributed by atoms with Crippen molar-refractivity contribution in [2.45, 2.75) is 32.7 Å². The first-order valence-electron chi connectivity index (χ1n) is 10.0. The molecule has 2 aromatic rings. The fourth-order valence-electron chi connectivity index (χ4n) is 3.83. The predicted octanol–water partition coefficient (Wildman–Crippen LogP) is 4.56. The van der Waals surface area contributed by atoms with E-state index in [0.717, 1.165) is 5.56 Å². The zero-order valence-corrected chi connectivity index (χ0v) is 17.4. The normalized spacial score (nSPS) is 20.3. The number of rotatable bonds is 6. The standard InChI is InChI=1S/C23H25F3N2O3/c1-15(18-9-6-10-19(11-18)27-16(2)29)31-22(30)20-13-28(14-21(20)23(24,25)26)12-17-7-4-3-5-8-17/h3-11,15,20-21H,12-14H2,1-2H3,(H,27,29)/t15-,20+,21+/m0/s1. The van der Waals surface area contributed by atoms with Crippen LogP contribution in [0.3, 0.4) is 0 Å². The zero-order valence-electron chi connectivity index (χ0n) is 17.4. The molecule has 1 heterocycles. The largest absolute Gasteiger partial charge is 0.458 e. The topological polar surface area (TPSA) is 58.6 Å². The van der Waals surface area contributed by atoms with E-state index in [1.54, 1.807) is 36.1 Å². The van der Waals surface area contributed by atoms with E-state index in [-0.39, 0.29) is 19.0 Å². The predicted molar refractivity (Wildman–Crippen MR) is 110 cm³/mol. The van der Waals surface area contributed by atoms with Gasteiger partial charge in [-0.05, 0) is 30.2 Å². The van der Waals surface area contributed by atoms with Gasteiger partial charge in [0.1, 0.15) is 6.10 Å². The molecule has 1 aliphatic rings. The van der Waals surface area contributed by atoms with Gasteiger partial charge in [-0.25, -0.2) is 0 Å². The first-order valence-corrected chi connectivity index (χ1v) is 10.0. The Morgan fingerprint density at radius 1 is 1.13 bits per heavy atom. The molecule has 8 heteroatoms. The lowest BCUT2D eigenvalue weighted by molar-refractivity contribution is -0.192. The number of hydrogen-bond donors (Lipinski definition) is 1. The molecular weight excluding hydrogens is 409 g/mol. The summed E-state index contributed by atoms with van der Waals surface area (Å²) in [5, 5.41) is 2.63. The second-order valence-electron chi connectivity index (χ2n) is 7.82. The Bertz CT molecular complexity index is 918. The maximum absolute atomic E-state index is 13.6. The molecule has 3 rings (SSSR count). The third kappa shape index (κ3) is 6.07. The van der Waals surface area contributed by atoms with Crippen molar-refractivity contribution in [1.82, 2.24) is 4.90 Å². The summed E-state index contributed by atoms with van der Waals surface area (Å²) in [5.74, 6) is -4.18. The molecule has 1 N–H and O–H groups in total. The van der Waals surface area contributed by atoms with Crippen LogP contribution in [0.25, 0.3) is 0 Å². The minimum Gasteiger partial charge on any atom is -0.458 e. The molecule has 0 bridgehead atoms. The lowest BCUT2D eigenvalue weighted by Crippen LogP contribution is -2.35. The van der Waals surface area contributed by atoms with Crippen LogP contribution in [-0.2, 0) is 20.9 Å². The number of nitrogens with zero attached hydrogens (tertiary/aromatic N) is 1. The van der Waals surface area contributed by atoms with Crippen LogP contribution in [0.4, 0.5) is 18.9 Å². The number of likely N-dealkylation sites (tertiary alicyclic amines) is 1. The van der Waals surface area contributed by atoms with E-state index in [9.17, 15) is 22.8 Å². The molecule has 0 unspecified atom stereocenters. The Balaban J connectivity index is 1.70. The van der Waals surface area contributed by atoms with Gasteiger partial charge in [0.15, 0.2) is 0 Å². The maximum atomic E-state index is 13.6. The average Bonchev–Trinajstić information content (AvgIpc) is 3.13. The van der Waals surface area contributed by atoms with E-state index in [1.165, 1.54) is 6.92 Å². The van der Waals surface area contributed by atoms with Crippen LogP contribution < -0.4 is 5.32 Å². The number of anilines is 1. The number of halogens is 3. The molecule has 5 nitrogen and oxygen atoms in total. The van der Waals surface area contributed by atoms with Gasteiger partial charge in [0, 0.05) is 32.2 Å². The molecule has 0 saturated carbocycles. The summed E-state index contributed by atoms with van der Waals surface area (Å²) in [6, 6.07) is 15.9. The number of amides is 1. The molecule has 2 aromatic carbocycles. The molecule has 1 aliphatic heterocycles. The fourth-order valence-corrected chi connectivity index (χ4v) is 3.83. The lowest BCUT2D eigenvalue weighted by atomic mass is 9.95. The van der Waals surface area contributed by atoms with Crippen LogP contribution in [0, 0.1) is 11.8 Å². The smallest absolute Gasteiger partial charge is 0.393 e. The Labute approximate surface area is 179 Å². The average molecular weight is 434 g/mol. The summed E-state index contributed by atoms with van der Waals surface area (Å²) in [7, 11) is 0. The molecule has 0 aliphatic carbocycles. The number of alkyl halides is 3. The van der Waals surface area contributed by atoms with Crippen LogP contribution in [0.15, 0.2) is 54.6 Å². The highest BCUT2D eigenvalue weighted by molar-refractivity contribution is 5.88. The third-order valence-corrected chi connectivity index (χ3v) is 5.34. The highest BCUT2D eigenvalue weighted by Gasteiger charge is 2.53. The number of esters is 1. The number of benzene rings is 2. The number of carbonyl (C=O) groups is 2. The number of nitrogens with one attached hydrogen (secondary N) is 1. The first kappa shape index (κ1) is 22.8. The molecule has 166 valence electrons. The van der Waals surface area contributed by atoms with Crippen molar-refractivity contribution in [2.24, 2.45) is 11.8 Å². The van der Waals surface area contributed by atoms with Gasteiger partial charge in [0.25, 0.3) is 0 Å². The van der Waals surface area contributed by atoms with Gasteiger partial charge < -0.3 is 10.1 Å². The number of hydrogen-bond acceptors (Lipinski definition) is 4. The number of carbonyl (C=O) groups excluding carboxylic acids is 2. The second-order valence-corrected chi connectivity index (χ2v) is 7.82. The van der Waals surface area contributed by atoms with Gasteiger partial charge in [-0.1, -0.05) is 42.5 Å². The van der Waals surface area contributed by atoms with E-state index >= 15 is 0 Å². The minimum atomic E-state index is -4.50. The fraction of sp³-hybridized carbons (Fsp3) is 0.391. The van der Waals surface area contributed by atoms with Crippen molar-refractivity contribution in [1.29, 1.82) is 0 Å². The Kier molecular flexibility index (Phi) is 7.00. The molecule has 1 amide bonds. The minimum absolute atomic E-state index is 0.0173. The SMILES string of the molecule is CC(=O)Nc1cccc([C@H](C)OC(=O)[C@@H]2CN(Cc3ccccc3)C[C@H]2C(F)(F)F)c1. The summed E-state index contributed by atoms with van der Waals surface area (Å²) < 4.78 is 46.4. The Morgan fingerprint density at radius 3 is 2.48 bits per heavy atom. The summed E-state index contributed by atoms with van der Waals surface area (Å²) in [6.07, 6.45) is -5.25. The molecule has 0 aromatic heterocycles. The Morgan fingerprint density at radius 2 is 1.84 bits per heavy atom. The van der Waals surface area contributed by atoms with Crippen molar-refractivity contribution in [3.05, 3.63) is 65.7 Å². The van der Waals surface area contributed by atoms with E-state index in [0.29, 0.717) is 17.8 Å². The van der Waals surface area contributed by atoms with Crippen LogP contribution in [0.1, 0.15) is 31.1 Å². The van der Waals surface area contributed by atoms with Crippen molar-refractivity contribution in [3.63, 3.8) is 0 Å². The third-order valence-electron chi connectivity index (χ3n) is 5.34. The van der Waals surface area contributed by atoms with Crippen LogP contribution in [0.5, 0.6) is 0 Å². The van der Waals surface area contributed by atoms with Crippen LogP contribution in [0.2, 0.25) is 0 Å². The van der Waals surface area contributed by atoms with Crippen LogP contribution >= 0.6 is 0 Å². The maximum Gasteiger partial charge on any atom is 0.393 e. The Hall–Kier alpha value is -2.87. The van der Waals surface area contributed by atoms with Gasteiger partial charge in [-0.15, -0.1) is 0 Å². The van der Waals surface area contributed by atoms with Crippen molar-refractivity contribution >= 4 is 17.6 Å². The molecule has 31 heavy (non-hydrogen) atoms. The summed E-state index contributed by atoms with van der Waals surface area (Å²) in [4.78, 5) is 25.6. The molecular formula is C23H25F3N2O3. The van der Waals surface area contributed by atoms with Crippen molar-refractivity contribution < 1.29 is 27.5 Å². The zero-order chi connectivity index (χ0) is 22.6. The van der Waals surface area contributed by atoms with Gasteiger partial charge in [-0.3, -0.25) is 14.5 Å². The van der Waals surface area contributed by atoms with Gasteiger partial charge in [0.2, 0.25) is 5.91 Å². The van der Waals surface area contributed by atoms with Gasteiger partial charge >= 0.3 is 12.1 Å².